The summed E-state index contributed by atoms with van der Waals surface area (Å²) >= 11 is 5.86. The Hall–Kier alpha value is -1.11. The molecule has 0 unspecified atom stereocenters. The summed E-state index contributed by atoms with van der Waals surface area (Å²) in [6, 6.07) is 5.98. The van der Waals surface area contributed by atoms with E-state index in [-0.39, 0.29) is 4.90 Å². The molecule has 0 bridgehead atoms. The van der Waals surface area contributed by atoms with Crippen molar-refractivity contribution in [3.63, 3.8) is 0 Å². The molecule has 1 aliphatic carbocycles. The zero-order chi connectivity index (χ0) is 16.2. The Bertz CT molecular complexity index is 637. The van der Waals surface area contributed by atoms with Gasteiger partial charge in [-0.25, -0.2) is 8.42 Å². The molecule has 1 fully saturated rings. The summed E-state index contributed by atoms with van der Waals surface area (Å²) in [5.41, 5.74) is -1.19. The van der Waals surface area contributed by atoms with Gasteiger partial charge in [-0.1, -0.05) is 43.4 Å². The van der Waals surface area contributed by atoms with Gasteiger partial charge in [-0.05, 0) is 31.0 Å². The summed E-state index contributed by atoms with van der Waals surface area (Å²) < 4.78 is 32.7. The standard InChI is InChI=1S/C15H20ClNO4S/c1-21-14(18)15(9-4-2-3-5-10-15)17-22(19,20)13-8-6-7-12(16)11-13/h6-8,11,17H,2-5,9-10H2,1H3. The normalized spacial score (nSPS) is 18.5. The summed E-state index contributed by atoms with van der Waals surface area (Å²) in [5.74, 6) is -0.528. The van der Waals surface area contributed by atoms with Crippen molar-refractivity contribution in [3.05, 3.63) is 29.3 Å². The van der Waals surface area contributed by atoms with Crippen LogP contribution in [-0.2, 0) is 19.6 Å². The van der Waals surface area contributed by atoms with Crippen LogP contribution in [0.5, 0.6) is 0 Å². The highest BCUT2D eigenvalue weighted by Gasteiger charge is 2.43. The second-order valence-corrected chi connectivity index (χ2v) is 7.67. The van der Waals surface area contributed by atoms with Gasteiger partial charge in [0.25, 0.3) is 0 Å². The van der Waals surface area contributed by atoms with Crippen LogP contribution < -0.4 is 4.72 Å². The van der Waals surface area contributed by atoms with Crippen molar-refractivity contribution in [2.45, 2.75) is 49.0 Å². The van der Waals surface area contributed by atoms with Gasteiger partial charge in [-0.3, -0.25) is 4.79 Å². The third-order valence-electron chi connectivity index (χ3n) is 3.97. The maximum Gasteiger partial charge on any atom is 0.327 e. The zero-order valence-electron chi connectivity index (χ0n) is 12.5. The number of benzene rings is 1. The number of rotatable bonds is 4. The number of sulfonamides is 1. The second kappa shape index (κ2) is 6.98. The van der Waals surface area contributed by atoms with E-state index in [0.29, 0.717) is 17.9 Å². The molecule has 1 aromatic carbocycles. The Morgan fingerprint density at radius 1 is 1.23 bits per heavy atom. The van der Waals surface area contributed by atoms with E-state index in [2.05, 4.69) is 4.72 Å². The minimum absolute atomic E-state index is 0.0486. The van der Waals surface area contributed by atoms with Crippen LogP contribution in [0.25, 0.3) is 0 Å². The number of carbonyl (C=O) groups excluding carboxylic acids is 1. The molecule has 0 aliphatic heterocycles. The van der Waals surface area contributed by atoms with E-state index in [9.17, 15) is 13.2 Å². The van der Waals surface area contributed by atoms with E-state index in [1.54, 1.807) is 12.1 Å². The van der Waals surface area contributed by atoms with Crippen LogP contribution in [0.4, 0.5) is 0 Å². The molecule has 22 heavy (non-hydrogen) atoms. The first kappa shape index (κ1) is 17.2. The Morgan fingerprint density at radius 3 is 2.41 bits per heavy atom. The van der Waals surface area contributed by atoms with Crippen molar-refractivity contribution in [3.8, 4) is 0 Å². The lowest BCUT2D eigenvalue weighted by Gasteiger charge is -2.30. The number of esters is 1. The minimum atomic E-state index is -3.85. The maximum absolute atomic E-state index is 12.6. The number of hydrogen-bond donors (Lipinski definition) is 1. The molecule has 5 nitrogen and oxygen atoms in total. The Morgan fingerprint density at radius 2 is 1.86 bits per heavy atom. The van der Waals surface area contributed by atoms with E-state index >= 15 is 0 Å². The van der Waals surface area contributed by atoms with Crippen molar-refractivity contribution in [1.82, 2.24) is 4.72 Å². The van der Waals surface area contributed by atoms with Crippen LogP contribution in [0.2, 0.25) is 5.02 Å². The third kappa shape index (κ3) is 3.80. The third-order valence-corrected chi connectivity index (χ3v) is 5.74. The summed E-state index contributed by atoms with van der Waals surface area (Å²) in [6.45, 7) is 0. The molecule has 0 heterocycles. The predicted molar refractivity (Wildman–Crippen MR) is 84.2 cm³/mol. The number of methoxy groups -OCH3 is 1. The number of hydrogen-bond acceptors (Lipinski definition) is 4. The van der Waals surface area contributed by atoms with E-state index in [1.165, 1.54) is 19.2 Å². The van der Waals surface area contributed by atoms with Gasteiger partial charge in [0.2, 0.25) is 10.0 Å². The van der Waals surface area contributed by atoms with Crippen LogP contribution in [0.3, 0.4) is 0 Å². The summed E-state index contributed by atoms with van der Waals surface area (Å²) in [4.78, 5) is 12.3. The fourth-order valence-electron chi connectivity index (χ4n) is 2.83. The van der Waals surface area contributed by atoms with Crippen molar-refractivity contribution < 1.29 is 17.9 Å². The predicted octanol–water partition coefficient (Wildman–Crippen LogP) is 2.88. The van der Waals surface area contributed by atoms with Crippen LogP contribution in [0, 0.1) is 0 Å². The van der Waals surface area contributed by atoms with E-state index < -0.39 is 21.5 Å². The Kier molecular flexibility index (Phi) is 5.47. The van der Waals surface area contributed by atoms with Crippen molar-refractivity contribution >= 4 is 27.6 Å². The SMILES string of the molecule is COC(=O)C1(NS(=O)(=O)c2cccc(Cl)c2)CCCCCC1. The number of nitrogens with one attached hydrogen (secondary N) is 1. The average molecular weight is 346 g/mol. The molecule has 1 aliphatic rings. The van der Waals surface area contributed by atoms with Gasteiger partial charge in [0.15, 0.2) is 0 Å². The topological polar surface area (TPSA) is 72.5 Å². The first-order chi connectivity index (χ1) is 10.4. The van der Waals surface area contributed by atoms with Gasteiger partial charge in [0.1, 0.15) is 5.54 Å². The fourth-order valence-corrected chi connectivity index (χ4v) is 4.54. The molecule has 2 rings (SSSR count). The molecule has 0 amide bonds. The number of ether oxygens (including phenoxy) is 1. The van der Waals surface area contributed by atoms with Crippen molar-refractivity contribution in [1.29, 1.82) is 0 Å². The van der Waals surface area contributed by atoms with E-state index in [4.69, 9.17) is 16.3 Å². The Labute approximate surface area is 136 Å². The second-order valence-electron chi connectivity index (χ2n) is 5.55. The first-order valence-corrected chi connectivity index (χ1v) is 9.14. The highest BCUT2D eigenvalue weighted by Crippen LogP contribution is 2.30. The lowest BCUT2D eigenvalue weighted by atomic mass is 9.92. The van der Waals surface area contributed by atoms with E-state index in [1.807, 2.05) is 0 Å². The molecule has 0 aromatic heterocycles. The molecular formula is C15H20ClNO4S. The molecule has 0 spiro atoms. The van der Waals surface area contributed by atoms with Crippen LogP contribution in [0.15, 0.2) is 29.2 Å². The Balaban J connectivity index is 2.35. The quantitative estimate of drug-likeness (QED) is 0.672. The number of halogens is 1. The van der Waals surface area contributed by atoms with Gasteiger partial charge < -0.3 is 4.74 Å². The smallest absolute Gasteiger partial charge is 0.327 e. The summed E-state index contributed by atoms with van der Waals surface area (Å²) in [5, 5.41) is 0.329. The van der Waals surface area contributed by atoms with Crippen molar-refractivity contribution in [2.75, 3.05) is 7.11 Å². The van der Waals surface area contributed by atoms with Gasteiger partial charge in [0.05, 0.1) is 12.0 Å². The van der Waals surface area contributed by atoms with Gasteiger partial charge in [-0.15, -0.1) is 0 Å². The molecule has 1 aromatic rings. The minimum Gasteiger partial charge on any atom is -0.468 e. The van der Waals surface area contributed by atoms with Gasteiger partial charge in [0, 0.05) is 5.02 Å². The summed E-state index contributed by atoms with van der Waals surface area (Å²) in [6.07, 6.45) is 4.43. The van der Waals surface area contributed by atoms with Gasteiger partial charge >= 0.3 is 5.97 Å². The zero-order valence-corrected chi connectivity index (χ0v) is 14.0. The van der Waals surface area contributed by atoms with Gasteiger partial charge in [-0.2, -0.15) is 4.72 Å². The largest absolute Gasteiger partial charge is 0.468 e. The summed E-state index contributed by atoms with van der Waals surface area (Å²) in [7, 11) is -2.57. The number of carbonyl (C=O) groups is 1. The molecular weight excluding hydrogens is 326 g/mol. The van der Waals surface area contributed by atoms with Crippen molar-refractivity contribution in [2.24, 2.45) is 0 Å². The van der Waals surface area contributed by atoms with Crippen LogP contribution >= 0.6 is 11.6 Å². The highest BCUT2D eigenvalue weighted by molar-refractivity contribution is 7.89. The molecule has 7 heteroatoms. The molecule has 0 radical (unpaired) electrons. The van der Waals surface area contributed by atoms with Crippen LogP contribution in [0.1, 0.15) is 38.5 Å². The molecule has 1 saturated carbocycles. The maximum atomic E-state index is 12.6. The molecule has 0 saturated heterocycles. The molecule has 0 atom stereocenters. The fraction of sp³-hybridized carbons (Fsp3) is 0.533. The highest BCUT2D eigenvalue weighted by atomic mass is 35.5. The van der Waals surface area contributed by atoms with Crippen LogP contribution in [-0.4, -0.2) is 27.0 Å². The average Bonchev–Trinajstić information content (AvgIpc) is 2.72. The lowest BCUT2D eigenvalue weighted by molar-refractivity contribution is -0.148. The molecule has 1 N–H and O–H groups in total. The monoisotopic (exact) mass is 345 g/mol. The first-order valence-electron chi connectivity index (χ1n) is 7.28. The lowest BCUT2D eigenvalue weighted by Crippen LogP contribution is -2.54. The van der Waals surface area contributed by atoms with E-state index in [0.717, 1.165) is 25.7 Å². The molecule has 122 valence electrons.